The molecule has 1 aliphatic carbocycles. The molecule has 3 rings (SSSR count). The molecule has 2 heterocycles. The van der Waals surface area contributed by atoms with Crippen molar-refractivity contribution in [2.45, 2.75) is 45.7 Å². The van der Waals surface area contributed by atoms with Gasteiger partial charge >= 0.3 is 0 Å². The number of aliphatic imine (C=N–C) groups is 1. The third kappa shape index (κ3) is 5.29. The van der Waals surface area contributed by atoms with Gasteiger partial charge in [-0.2, -0.15) is 0 Å². The fourth-order valence-corrected chi connectivity index (χ4v) is 3.91. The van der Waals surface area contributed by atoms with Gasteiger partial charge in [0.25, 0.3) is 0 Å². The van der Waals surface area contributed by atoms with E-state index in [-0.39, 0.29) is 24.0 Å². The van der Waals surface area contributed by atoms with Crippen LogP contribution in [0.5, 0.6) is 0 Å². The molecule has 23 heavy (non-hydrogen) atoms. The summed E-state index contributed by atoms with van der Waals surface area (Å²) in [4.78, 5) is 12.8. The number of aromatic nitrogens is 1. The van der Waals surface area contributed by atoms with Gasteiger partial charge in [-0.05, 0) is 45.6 Å². The van der Waals surface area contributed by atoms with E-state index in [0.717, 1.165) is 41.7 Å². The van der Waals surface area contributed by atoms with Gasteiger partial charge in [0.05, 0.1) is 12.2 Å². The second-order valence-corrected chi connectivity index (χ2v) is 7.72. The molecule has 1 atom stereocenters. The largest absolute Gasteiger partial charge is 0.356 e. The lowest BCUT2D eigenvalue weighted by Crippen LogP contribution is -2.40. The summed E-state index contributed by atoms with van der Waals surface area (Å²) < 4.78 is 0. The fourth-order valence-electron chi connectivity index (χ4n) is 3.04. The van der Waals surface area contributed by atoms with E-state index in [1.165, 1.54) is 37.2 Å². The number of hydrogen-bond acceptors (Lipinski definition) is 4. The molecular weight excluding hydrogens is 421 g/mol. The summed E-state index contributed by atoms with van der Waals surface area (Å²) in [5, 5.41) is 7.97. The van der Waals surface area contributed by atoms with Crippen LogP contribution in [0.3, 0.4) is 0 Å². The lowest BCUT2D eigenvalue weighted by Gasteiger charge is -2.16. The van der Waals surface area contributed by atoms with Crippen LogP contribution in [0.4, 0.5) is 0 Å². The Balaban J connectivity index is 0.00000192. The van der Waals surface area contributed by atoms with Crippen molar-refractivity contribution < 1.29 is 0 Å². The van der Waals surface area contributed by atoms with E-state index in [1.54, 1.807) is 11.3 Å². The van der Waals surface area contributed by atoms with Crippen molar-refractivity contribution in [1.82, 2.24) is 20.5 Å². The molecule has 7 heteroatoms. The molecule has 130 valence electrons. The molecular formula is C16H28IN5S. The minimum Gasteiger partial charge on any atom is -0.356 e. The van der Waals surface area contributed by atoms with Crippen molar-refractivity contribution in [2.75, 3.05) is 26.7 Å². The van der Waals surface area contributed by atoms with Crippen molar-refractivity contribution in [2.24, 2.45) is 10.9 Å². The van der Waals surface area contributed by atoms with Crippen LogP contribution in [-0.4, -0.2) is 48.6 Å². The number of nitrogens with one attached hydrogen (secondary N) is 2. The van der Waals surface area contributed by atoms with E-state index in [0.29, 0.717) is 0 Å². The molecule has 2 fully saturated rings. The van der Waals surface area contributed by atoms with E-state index in [2.05, 4.69) is 39.4 Å². The number of likely N-dealkylation sites (tertiary alicyclic amines) is 1. The van der Waals surface area contributed by atoms with Crippen LogP contribution in [0.1, 0.15) is 34.8 Å². The zero-order valence-electron chi connectivity index (χ0n) is 14.3. The number of halogens is 1. The van der Waals surface area contributed by atoms with E-state index >= 15 is 0 Å². The summed E-state index contributed by atoms with van der Waals surface area (Å²) in [5.74, 6) is 1.64. The number of aryl methyl sites for hydroxylation is 2. The molecule has 1 saturated heterocycles. The quantitative estimate of drug-likeness (QED) is 0.412. The van der Waals surface area contributed by atoms with Gasteiger partial charge in [-0.25, -0.2) is 4.98 Å². The third-order valence-electron chi connectivity index (χ3n) is 4.64. The second kappa shape index (κ2) is 8.62. The van der Waals surface area contributed by atoms with Gasteiger partial charge < -0.3 is 15.5 Å². The molecule has 0 amide bonds. The first kappa shape index (κ1) is 18.9. The van der Waals surface area contributed by atoms with Gasteiger partial charge in [0.15, 0.2) is 5.96 Å². The molecule has 1 saturated carbocycles. The maximum Gasteiger partial charge on any atom is 0.191 e. The predicted molar refractivity (Wildman–Crippen MR) is 108 cm³/mol. The summed E-state index contributed by atoms with van der Waals surface area (Å²) in [5.41, 5.74) is 1.14. The Kier molecular flexibility index (Phi) is 7.09. The van der Waals surface area contributed by atoms with Crippen molar-refractivity contribution >= 4 is 41.3 Å². The minimum absolute atomic E-state index is 0. The molecule has 1 aromatic rings. The molecule has 5 nitrogen and oxygen atoms in total. The van der Waals surface area contributed by atoms with E-state index in [4.69, 9.17) is 0 Å². The van der Waals surface area contributed by atoms with Crippen molar-refractivity contribution in [1.29, 1.82) is 0 Å². The molecule has 1 unspecified atom stereocenters. The van der Waals surface area contributed by atoms with Crippen LogP contribution in [0.15, 0.2) is 4.99 Å². The van der Waals surface area contributed by atoms with Crippen LogP contribution in [0.25, 0.3) is 0 Å². The summed E-state index contributed by atoms with van der Waals surface area (Å²) in [6.07, 6.45) is 4.14. The number of rotatable bonds is 5. The highest BCUT2D eigenvalue weighted by Gasteiger charge is 2.34. The lowest BCUT2D eigenvalue weighted by molar-refractivity contribution is 0.314. The average Bonchev–Trinajstić information content (AvgIpc) is 3.17. The van der Waals surface area contributed by atoms with Crippen LogP contribution in [0, 0.1) is 19.8 Å². The lowest BCUT2D eigenvalue weighted by atomic mass is 10.1. The first-order valence-electron chi connectivity index (χ1n) is 8.27. The minimum atomic E-state index is 0. The Morgan fingerprint density at radius 2 is 2.09 bits per heavy atom. The topological polar surface area (TPSA) is 52.6 Å². The number of hydrogen-bond donors (Lipinski definition) is 2. The zero-order valence-corrected chi connectivity index (χ0v) is 17.4. The second-order valence-electron chi connectivity index (χ2n) is 6.44. The summed E-state index contributed by atoms with van der Waals surface area (Å²) in [7, 11) is 1.83. The SMILES string of the molecule is CN=C(NCc1nc(C)c(C)s1)NCC1CCN(C2CC2)C1.I. The molecule has 1 aromatic heterocycles. The Morgan fingerprint density at radius 1 is 1.30 bits per heavy atom. The Labute approximate surface area is 160 Å². The maximum atomic E-state index is 4.56. The first-order chi connectivity index (χ1) is 10.7. The van der Waals surface area contributed by atoms with Gasteiger partial charge in [-0.3, -0.25) is 4.99 Å². The first-order valence-corrected chi connectivity index (χ1v) is 9.09. The van der Waals surface area contributed by atoms with E-state index in [1.807, 2.05) is 7.05 Å². The highest BCUT2D eigenvalue weighted by molar-refractivity contribution is 14.0. The predicted octanol–water partition coefficient (Wildman–Crippen LogP) is 2.53. The summed E-state index contributed by atoms with van der Waals surface area (Å²) in [6.45, 7) is 8.47. The van der Waals surface area contributed by atoms with Gasteiger partial charge in [-0.1, -0.05) is 0 Å². The molecule has 0 radical (unpaired) electrons. The van der Waals surface area contributed by atoms with Crippen molar-refractivity contribution in [3.05, 3.63) is 15.6 Å². The normalized spacial score (nSPS) is 22.0. The highest BCUT2D eigenvalue weighted by Crippen LogP contribution is 2.31. The monoisotopic (exact) mass is 449 g/mol. The van der Waals surface area contributed by atoms with Gasteiger partial charge in [-0.15, -0.1) is 35.3 Å². The van der Waals surface area contributed by atoms with Crippen LogP contribution < -0.4 is 10.6 Å². The van der Waals surface area contributed by atoms with Crippen LogP contribution in [-0.2, 0) is 6.54 Å². The average molecular weight is 449 g/mol. The molecule has 0 aromatic carbocycles. The molecule has 2 aliphatic rings. The molecule has 0 spiro atoms. The number of thiazole rings is 1. The Hall–Kier alpha value is -0.410. The molecule has 2 N–H and O–H groups in total. The molecule has 0 bridgehead atoms. The Morgan fingerprint density at radius 3 is 2.70 bits per heavy atom. The van der Waals surface area contributed by atoms with Crippen molar-refractivity contribution in [3.8, 4) is 0 Å². The van der Waals surface area contributed by atoms with Crippen molar-refractivity contribution in [3.63, 3.8) is 0 Å². The van der Waals surface area contributed by atoms with Gasteiger partial charge in [0.2, 0.25) is 0 Å². The van der Waals surface area contributed by atoms with E-state index in [9.17, 15) is 0 Å². The van der Waals surface area contributed by atoms with Crippen LogP contribution >= 0.6 is 35.3 Å². The third-order valence-corrected chi connectivity index (χ3v) is 5.72. The van der Waals surface area contributed by atoms with E-state index < -0.39 is 0 Å². The zero-order chi connectivity index (χ0) is 15.5. The summed E-state index contributed by atoms with van der Waals surface area (Å²) in [6, 6.07) is 0.902. The standard InChI is InChI=1S/C16H27N5S.HI/c1-11-12(2)22-15(20-11)9-19-16(17-3)18-8-13-6-7-21(10-13)14-4-5-14;/h13-14H,4-10H2,1-3H3,(H2,17,18,19);1H. The maximum absolute atomic E-state index is 4.56. The van der Waals surface area contributed by atoms with Gasteiger partial charge in [0.1, 0.15) is 5.01 Å². The highest BCUT2D eigenvalue weighted by atomic mass is 127. The smallest absolute Gasteiger partial charge is 0.191 e. The summed E-state index contributed by atoms with van der Waals surface area (Å²) >= 11 is 1.76. The number of nitrogens with zero attached hydrogens (tertiary/aromatic N) is 3. The van der Waals surface area contributed by atoms with Crippen LogP contribution in [0.2, 0.25) is 0 Å². The number of guanidine groups is 1. The van der Waals surface area contributed by atoms with Gasteiger partial charge in [0, 0.05) is 31.1 Å². The molecule has 1 aliphatic heterocycles. The Bertz CT molecular complexity index is 521. The fraction of sp³-hybridized carbons (Fsp3) is 0.750.